The average Bonchev–Trinajstić information content (AvgIpc) is 2.75. The predicted molar refractivity (Wildman–Crippen MR) is 56.5 cm³/mol. The first-order chi connectivity index (χ1) is 7.93. The molecule has 1 aromatic heterocycles. The number of nitrogens with one attached hydrogen (secondary N) is 1. The Labute approximate surface area is 100 Å². The van der Waals surface area contributed by atoms with E-state index in [1.54, 1.807) is 0 Å². The highest BCUT2D eigenvalue weighted by Gasteiger charge is 2.46. The minimum atomic E-state index is -4.22. The Morgan fingerprint density at radius 3 is 2.41 bits per heavy atom. The summed E-state index contributed by atoms with van der Waals surface area (Å²) in [6, 6.07) is -0.222. The Balaban J connectivity index is 2.90. The van der Waals surface area contributed by atoms with E-state index in [-0.39, 0.29) is 6.04 Å². The van der Waals surface area contributed by atoms with E-state index in [4.69, 9.17) is 0 Å². The van der Waals surface area contributed by atoms with E-state index in [0.29, 0.717) is 29.3 Å². The number of rotatable bonds is 6. The maximum absolute atomic E-state index is 13.0. The van der Waals surface area contributed by atoms with Gasteiger partial charge in [-0.1, -0.05) is 25.2 Å². The van der Waals surface area contributed by atoms with Gasteiger partial charge in [0, 0.05) is 0 Å². The highest BCUT2D eigenvalue weighted by atomic mass is 32.1. The van der Waals surface area contributed by atoms with Gasteiger partial charge >= 0.3 is 12.3 Å². The van der Waals surface area contributed by atoms with Crippen molar-refractivity contribution in [2.24, 2.45) is 0 Å². The number of hydrogen-bond donors (Lipinski definition) is 1. The van der Waals surface area contributed by atoms with Crippen molar-refractivity contribution in [3.05, 3.63) is 10.0 Å². The number of aromatic nitrogens is 2. The van der Waals surface area contributed by atoms with Crippen molar-refractivity contribution in [3.8, 4) is 0 Å². The second-order valence-corrected chi connectivity index (χ2v) is 4.40. The fourth-order valence-corrected chi connectivity index (χ4v) is 2.23. The summed E-state index contributed by atoms with van der Waals surface area (Å²) in [5.41, 5.74) is 0. The van der Waals surface area contributed by atoms with Crippen LogP contribution in [-0.2, 0) is 5.92 Å². The molecule has 0 radical (unpaired) electrons. The third-order valence-electron chi connectivity index (χ3n) is 2.16. The Morgan fingerprint density at radius 2 is 1.94 bits per heavy atom. The molecular weight excluding hydrogens is 258 g/mol. The Bertz CT molecular complexity index is 356. The topological polar surface area (TPSA) is 37.8 Å². The zero-order chi connectivity index (χ0) is 13.1. The highest BCUT2D eigenvalue weighted by molar-refractivity contribution is 7.11. The van der Waals surface area contributed by atoms with Gasteiger partial charge in [-0.25, -0.2) is 8.78 Å². The van der Waals surface area contributed by atoms with Gasteiger partial charge in [-0.15, -0.1) is 10.2 Å². The minimum Gasteiger partial charge on any atom is -0.308 e. The molecular formula is C9H13F4N3S. The molecule has 1 rings (SSSR count). The molecule has 17 heavy (non-hydrogen) atoms. The lowest BCUT2D eigenvalue weighted by Crippen LogP contribution is -2.23. The molecule has 0 aromatic carbocycles. The van der Waals surface area contributed by atoms with Crippen LogP contribution in [-0.4, -0.2) is 23.2 Å². The second kappa shape index (κ2) is 5.72. The fraction of sp³-hybridized carbons (Fsp3) is 0.778. The van der Waals surface area contributed by atoms with E-state index in [1.165, 1.54) is 0 Å². The van der Waals surface area contributed by atoms with Gasteiger partial charge in [0.05, 0.1) is 6.04 Å². The van der Waals surface area contributed by atoms with Crippen molar-refractivity contribution >= 4 is 11.3 Å². The molecule has 1 unspecified atom stereocenters. The summed E-state index contributed by atoms with van der Waals surface area (Å²) in [6.07, 6.45) is -3.13. The first-order valence-electron chi connectivity index (χ1n) is 5.16. The summed E-state index contributed by atoms with van der Waals surface area (Å²) < 4.78 is 50.2. The first-order valence-corrected chi connectivity index (χ1v) is 5.98. The smallest absolute Gasteiger partial charge is 0.308 e. The second-order valence-electron chi connectivity index (χ2n) is 3.39. The molecule has 1 atom stereocenters. The van der Waals surface area contributed by atoms with Crippen LogP contribution in [0.15, 0.2) is 0 Å². The fourth-order valence-electron chi connectivity index (χ4n) is 1.26. The molecule has 0 fully saturated rings. The van der Waals surface area contributed by atoms with Crippen molar-refractivity contribution in [2.45, 2.75) is 38.7 Å². The molecule has 1 N–H and O–H groups in total. The van der Waals surface area contributed by atoms with Crippen molar-refractivity contribution < 1.29 is 17.6 Å². The molecule has 1 aromatic rings. The summed E-state index contributed by atoms with van der Waals surface area (Å²) in [5.74, 6) is -4.22. The van der Waals surface area contributed by atoms with Crippen LogP contribution in [0.3, 0.4) is 0 Å². The van der Waals surface area contributed by atoms with Crippen LogP contribution in [0.25, 0.3) is 0 Å². The number of hydrogen-bond acceptors (Lipinski definition) is 4. The quantitative estimate of drug-likeness (QED) is 0.808. The molecule has 0 saturated carbocycles. The Morgan fingerprint density at radius 1 is 1.29 bits per heavy atom. The lowest BCUT2D eigenvalue weighted by atomic mass is 10.2. The van der Waals surface area contributed by atoms with Crippen molar-refractivity contribution in [2.75, 3.05) is 6.54 Å². The largest absolute Gasteiger partial charge is 0.359 e. The lowest BCUT2D eigenvalue weighted by molar-refractivity contribution is -0.135. The van der Waals surface area contributed by atoms with Crippen molar-refractivity contribution in [3.63, 3.8) is 0 Å². The third-order valence-corrected chi connectivity index (χ3v) is 3.28. The molecule has 0 aliphatic rings. The summed E-state index contributed by atoms with van der Waals surface area (Å²) in [5, 5.41) is 9.10. The number of halogens is 4. The standard InChI is InChI=1S/C9H13F4N3S/c1-3-5(14-4-2)6-15-16-8(17-6)9(12,13)7(10)11/h5,7,14H,3-4H2,1-2H3. The van der Waals surface area contributed by atoms with E-state index >= 15 is 0 Å². The minimum absolute atomic E-state index is 0.222. The summed E-state index contributed by atoms with van der Waals surface area (Å²) in [7, 11) is 0. The molecule has 3 nitrogen and oxygen atoms in total. The zero-order valence-corrected chi connectivity index (χ0v) is 10.2. The van der Waals surface area contributed by atoms with Gasteiger partial charge in [0.2, 0.25) is 0 Å². The van der Waals surface area contributed by atoms with Gasteiger partial charge in [0.15, 0.2) is 5.01 Å². The van der Waals surface area contributed by atoms with Crippen LogP contribution < -0.4 is 5.32 Å². The van der Waals surface area contributed by atoms with Crippen molar-refractivity contribution in [1.29, 1.82) is 0 Å². The molecule has 0 amide bonds. The van der Waals surface area contributed by atoms with Gasteiger partial charge in [0.1, 0.15) is 5.01 Å². The van der Waals surface area contributed by atoms with Crippen LogP contribution in [0.4, 0.5) is 17.6 Å². The van der Waals surface area contributed by atoms with Gasteiger partial charge in [0.25, 0.3) is 0 Å². The Kier molecular flexibility index (Phi) is 4.81. The molecule has 0 spiro atoms. The van der Waals surface area contributed by atoms with Gasteiger partial charge < -0.3 is 5.32 Å². The van der Waals surface area contributed by atoms with E-state index in [9.17, 15) is 17.6 Å². The summed E-state index contributed by atoms with van der Waals surface area (Å²) >= 11 is 0.526. The van der Waals surface area contributed by atoms with E-state index in [2.05, 4.69) is 15.5 Å². The van der Waals surface area contributed by atoms with Gasteiger partial charge in [-0.05, 0) is 13.0 Å². The van der Waals surface area contributed by atoms with Crippen LogP contribution in [0, 0.1) is 0 Å². The van der Waals surface area contributed by atoms with Gasteiger partial charge in [-0.2, -0.15) is 8.78 Å². The van der Waals surface area contributed by atoms with E-state index in [1.807, 2.05) is 13.8 Å². The van der Waals surface area contributed by atoms with E-state index < -0.39 is 17.4 Å². The van der Waals surface area contributed by atoms with E-state index in [0.717, 1.165) is 0 Å². The predicted octanol–water partition coefficient (Wildman–Crippen LogP) is 2.96. The lowest BCUT2D eigenvalue weighted by Gasteiger charge is -2.12. The SMILES string of the molecule is CCNC(CC)c1nnc(C(F)(F)C(F)F)s1. The molecule has 1 heterocycles. The first kappa shape index (κ1) is 14.3. The maximum atomic E-state index is 13.0. The summed E-state index contributed by atoms with van der Waals surface area (Å²) in [6.45, 7) is 4.34. The molecule has 0 bridgehead atoms. The maximum Gasteiger partial charge on any atom is 0.359 e. The highest BCUT2D eigenvalue weighted by Crippen LogP contribution is 2.37. The zero-order valence-electron chi connectivity index (χ0n) is 9.38. The van der Waals surface area contributed by atoms with Gasteiger partial charge in [-0.3, -0.25) is 0 Å². The molecule has 8 heteroatoms. The molecule has 0 aliphatic heterocycles. The van der Waals surface area contributed by atoms with Crippen LogP contribution in [0.2, 0.25) is 0 Å². The number of nitrogens with zero attached hydrogens (tertiary/aromatic N) is 2. The monoisotopic (exact) mass is 271 g/mol. The molecule has 0 saturated heterocycles. The van der Waals surface area contributed by atoms with Crippen LogP contribution in [0.5, 0.6) is 0 Å². The van der Waals surface area contributed by atoms with Crippen LogP contribution in [0.1, 0.15) is 36.3 Å². The van der Waals surface area contributed by atoms with Crippen LogP contribution >= 0.6 is 11.3 Å². The molecule has 0 aliphatic carbocycles. The number of alkyl halides is 4. The third kappa shape index (κ3) is 3.12. The Hall–Kier alpha value is -0.760. The molecule has 98 valence electrons. The normalized spacial score (nSPS) is 14.3. The summed E-state index contributed by atoms with van der Waals surface area (Å²) in [4.78, 5) is 0. The average molecular weight is 271 g/mol. The van der Waals surface area contributed by atoms with Crippen molar-refractivity contribution in [1.82, 2.24) is 15.5 Å².